The summed E-state index contributed by atoms with van der Waals surface area (Å²) in [7, 11) is 1.68. The first-order valence-electron chi connectivity index (χ1n) is 5.90. The number of carbonyl (C=O) groups is 3. The van der Waals surface area contributed by atoms with E-state index >= 15 is 0 Å². The molecule has 1 atom stereocenters. The molecule has 0 bridgehead atoms. The fourth-order valence-corrected chi connectivity index (χ4v) is 1.51. The largest absolute Gasteiger partial charge is 0.481 e. The number of carboxylic acid groups (broad SMARTS) is 2. The average molecular weight is 284 g/mol. The van der Waals surface area contributed by atoms with Crippen molar-refractivity contribution in [3.05, 3.63) is 12.3 Å². The van der Waals surface area contributed by atoms with Crippen molar-refractivity contribution in [2.24, 2.45) is 7.05 Å². The molecule has 0 saturated carbocycles. The lowest BCUT2D eigenvalue weighted by Crippen LogP contribution is -2.43. The average Bonchev–Trinajstić information content (AvgIpc) is 2.72. The standard InChI is InChI=1S/C11H16N4O5/c1-15-6-5-8(14-15)13-11(20)12-7(10(18)19)3-2-4-9(16)17/h5-7H,2-4H2,1H3,(H,16,17)(H,18,19)(H2,12,13,14,20)/t7-/m1/s1. The minimum atomic E-state index is -1.22. The normalized spacial score (nSPS) is 11.7. The van der Waals surface area contributed by atoms with E-state index < -0.39 is 24.0 Å². The van der Waals surface area contributed by atoms with Gasteiger partial charge in [-0.3, -0.25) is 14.8 Å². The summed E-state index contributed by atoms with van der Waals surface area (Å²) in [4.78, 5) is 32.9. The first-order valence-corrected chi connectivity index (χ1v) is 5.90. The van der Waals surface area contributed by atoms with Gasteiger partial charge in [-0.25, -0.2) is 9.59 Å². The number of hydrogen-bond donors (Lipinski definition) is 4. The molecular weight excluding hydrogens is 268 g/mol. The van der Waals surface area contributed by atoms with E-state index in [4.69, 9.17) is 10.2 Å². The number of aryl methyl sites for hydroxylation is 1. The predicted octanol–water partition coefficient (Wildman–Crippen LogP) is 0.250. The molecule has 0 aliphatic heterocycles. The Morgan fingerprint density at radius 2 is 2.10 bits per heavy atom. The molecular formula is C11H16N4O5. The number of amides is 2. The third-order valence-corrected chi connectivity index (χ3v) is 2.44. The van der Waals surface area contributed by atoms with Gasteiger partial charge < -0.3 is 15.5 Å². The Balaban J connectivity index is 2.46. The van der Waals surface area contributed by atoms with Crippen molar-refractivity contribution in [1.29, 1.82) is 0 Å². The van der Waals surface area contributed by atoms with Gasteiger partial charge in [0, 0.05) is 25.7 Å². The highest BCUT2D eigenvalue weighted by molar-refractivity contribution is 5.91. The van der Waals surface area contributed by atoms with Gasteiger partial charge in [0.05, 0.1) is 0 Å². The van der Waals surface area contributed by atoms with Crippen LogP contribution in [0.1, 0.15) is 19.3 Å². The van der Waals surface area contributed by atoms with E-state index in [1.165, 1.54) is 4.68 Å². The van der Waals surface area contributed by atoms with Crippen LogP contribution in [0.25, 0.3) is 0 Å². The van der Waals surface area contributed by atoms with Gasteiger partial charge >= 0.3 is 18.0 Å². The lowest BCUT2D eigenvalue weighted by atomic mass is 10.1. The van der Waals surface area contributed by atoms with Gasteiger partial charge in [-0.15, -0.1) is 0 Å². The number of aromatic nitrogens is 2. The maximum atomic E-state index is 11.6. The molecule has 0 spiro atoms. The predicted molar refractivity (Wildman–Crippen MR) is 68.3 cm³/mol. The molecule has 4 N–H and O–H groups in total. The number of carboxylic acids is 2. The van der Waals surface area contributed by atoms with Crippen molar-refractivity contribution in [1.82, 2.24) is 15.1 Å². The molecule has 0 aromatic carbocycles. The molecule has 1 aromatic heterocycles. The second kappa shape index (κ2) is 7.12. The second-order valence-corrected chi connectivity index (χ2v) is 4.15. The van der Waals surface area contributed by atoms with Crippen molar-refractivity contribution in [2.45, 2.75) is 25.3 Å². The number of anilines is 1. The number of rotatable bonds is 7. The Labute approximate surface area is 114 Å². The van der Waals surface area contributed by atoms with Crippen molar-refractivity contribution in [3.63, 3.8) is 0 Å². The minimum Gasteiger partial charge on any atom is -0.481 e. The van der Waals surface area contributed by atoms with E-state index in [0.717, 1.165) is 0 Å². The second-order valence-electron chi connectivity index (χ2n) is 4.15. The van der Waals surface area contributed by atoms with Gasteiger partial charge in [0.15, 0.2) is 5.82 Å². The molecule has 1 aromatic rings. The SMILES string of the molecule is Cn1ccc(NC(=O)N[C@H](CCCC(=O)O)C(=O)O)n1. The van der Waals surface area contributed by atoms with Crippen LogP contribution < -0.4 is 10.6 Å². The van der Waals surface area contributed by atoms with Crippen LogP contribution in [0.4, 0.5) is 10.6 Å². The summed E-state index contributed by atoms with van der Waals surface area (Å²) in [5.41, 5.74) is 0. The Morgan fingerprint density at radius 1 is 1.40 bits per heavy atom. The molecule has 0 unspecified atom stereocenters. The fraction of sp³-hybridized carbons (Fsp3) is 0.455. The molecule has 2 amide bonds. The van der Waals surface area contributed by atoms with Gasteiger partial charge in [0.2, 0.25) is 0 Å². The Morgan fingerprint density at radius 3 is 2.60 bits per heavy atom. The Bertz CT molecular complexity index is 499. The third kappa shape index (κ3) is 5.38. The van der Waals surface area contributed by atoms with E-state index in [9.17, 15) is 14.4 Å². The van der Waals surface area contributed by atoms with E-state index in [1.54, 1.807) is 19.3 Å². The summed E-state index contributed by atoms with van der Waals surface area (Å²) >= 11 is 0. The maximum absolute atomic E-state index is 11.6. The number of aliphatic carboxylic acids is 2. The number of hydrogen-bond acceptors (Lipinski definition) is 4. The lowest BCUT2D eigenvalue weighted by molar-refractivity contribution is -0.140. The summed E-state index contributed by atoms with van der Waals surface area (Å²) in [6, 6.07) is -0.288. The number of carbonyl (C=O) groups excluding carboxylic acids is 1. The zero-order valence-corrected chi connectivity index (χ0v) is 10.9. The topological polar surface area (TPSA) is 134 Å². The van der Waals surface area contributed by atoms with Gasteiger partial charge in [-0.05, 0) is 12.8 Å². The number of nitrogens with one attached hydrogen (secondary N) is 2. The highest BCUT2D eigenvalue weighted by Gasteiger charge is 2.20. The smallest absolute Gasteiger partial charge is 0.326 e. The molecule has 110 valence electrons. The van der Waals surface area contributed by atoms with Crippen LogP contribution in [0.2, 0.25) is 0 Å². The van der Waals surface area contributed by atoms with E-state index in [2.05, 4.69) is 15.7 Å². The highest BCUT2D eigenvalue weighted by Crippen LogP contribution is 2.04. The summed E-state index contributed by atoms with van der Waals surface area (Å²) < 4.78 is 1.48. The summed E-state index contributed by atoms with van der Waals surface area (Å²) in [6.45, 7) is 0. The quantitative estimate of drug-likeness (QED) is 0.567. The Kier molecular flexibility index (Phi) is 5.51. The van der Waals surface area contributed by atoms with Gasteiger partial charge in [0.25, 0.3) is 0 Å². The molecule has 20 heavy (non-hydrogen) atoms. The van der Waals surface area contributed by atoms with Crippen LogP contribution in [-0.2, 0) is 16.6 Å². The first-order chi connectivity index (χ1) is 9.38. The van der Waals surface area contributed by atoms with Crippen LogP contribution in [0.15, 0.2) is 12.3 Å². The molecule has 1 heterocycles. The highest BCUT2D eigenvalue weighted by atomic mass is 16.4. The maximum Gasteiger partial charge on any atom is 0.326 e. The molecule has 9 nitrogen and oxygen atoms in total. The first kappa shape index (κ1) is 15.5. The molecule has 0 aliphatic carbocycles. The van der Waals surface area contributed by atoms with Gasteiger partial charge in [-0.2, -0.15) is 5.10 Å². The fourth-order valence-electron chi connectivity index (χ4n) is 1.51. The Hall–Kier alpha value is -2.58. The number of urea groups is 1. The molecule has 1 rings (SSSR count). The van der Waals surface area contributed by atoms with Crippen molar-refractivity contribution in [3.8, 4) is 0 Å². The van der Waals surface area contributed by atoms with Crippen LogP contribution in [0.3, 0.4) is 0 Å². The molecule has 0 fully saturated rings. The number of nitrogens with zero attached hydrogens (tertiary/aromatic N) is 2. The monoisotopic (exact) mass is 284 g/mol. The van der Waals surface area contributed by atoms with Gasteiger partial charge in [-0.1, -0.05) is 0 Å². The summed E-state index contributed by atoms with van der Waals surface area (Å²) in [6.07, 6.45) is 1.68. The molecule has 9 heteroatoms. The van der Waals surface area contributed by atoms with Crippen molar-refractivity contribution in [2.75, 3.05) is 5.32 Å². The summed E-state index contributed by atoms with van der Waals surface area (Å²) in [5, 5.41) is 26.0. The van der Waals surface area contributed by atoms with Gasteiger partial charge in [0.1, 0.15) is 6.04 Å². The van der Waals surface area contributed by atoms with E-state index in [1.807, 2.05) is 0 Å². The molecule has 0 radical (unpaired) electrons. The van der Waals surface area contributed by atoms with Crippen LogP contribution in [0, 0.1) is 0 Å². The molecule has 0 saturated heterocycles. The zero-order chi connectivity index (χ0) is 15.1. The van der Waals surface area contributed by atoms with Crippen molar-refractivity contribution >= 4 is 23.8 Å². The van der Waals surface area contributed by atoms with E-state index in [0.29, 0.717) is 5.82 Å². The van der Waals surface area contributed by atoms with Crippen LogP contribution in [0.5, 0.6) is 0 Å². The zero-order valence-electron chi connectivity index (χ0n) is 10.9. The van der Waals surface area contributed by atoms with Crippen LogP contribution >= 0.6 is 0 Å². The third-order valence-electron chi connectivity index (χ3n) is 2.44. The molecule has 0 aliphatic rings. The van der Waals surface area contributed by atoms with Crippen LogP contribution in [-0.4, -0.2) is 44.0 Å². The van der Waals surface area contributed by atoms with Crippen molar-refractivity contribution < 1.29 is 24.6 Å². The lowest BCUT2D eigenvalue weighted by Gasteiger charge is -2.13. The summed E-state index contributed by atoms with van der Waals surface area (Å²) in [5.74, 6) is -1.93. The minimum absolute atomic E-state index is 0.0390. The van der Waals surface area contributed by atoms with E-state index in [-0.39, 0.29) is 19.3 Å².